The summed E-state index contributed by atoms with van der Waals surface area (Å²) in [5.74, 6) is 2.77. The van der Waals surface area contributed by atoms with Crippen LogP contribution in [0.5, 0.6) is 0 Å². The van der Waals surface area contributed by atoms with Crippen molar-refractivity contribution in [3.63, 3.8) is 0 Å². The Kier molecular flexibility index (Phi) is 2.70. The molecule has 0 amide bonds. The van der Waals surface area contributed by atoms with Gasteiger partial charge in [-0.3, -0.25) is 0 Å². The summed E-state index contributed by atoms with van der Waals surface area (Å²) in [6.07, 6.45) is 7.27. The van der Waals surface area contributed by atoms with E-state index < -0.39 is 0 Å². The first-order chi connectivity index (χ1) is 8.35. The second-order valence-electron chi connectivity index (χ2n) is 8.11. The molecule has 1 heteroatoms. The summed E-state index contributed by atoms with van der Waals surface area (Å²) >= 11 is 0. The Labute approximate surface area is 113 Å². The van der Waals surface area contributed by atoms with Gasteiger partial charge in [0.25, 0.3) is 0 Å². The number of hydrogen-bond donors (Lipinski definition) is 0. The Balaban J connectivity index is 1.78. The lowest BCUT2D eigenvalue weighted by molar-refractivity contribution is -0.148. The molecule has 0 aliphatic heterocycles. The maximum Gasteiger partial charge on any atom is 0.0654 e. The molecule has 18 heavy (non-hydrogen) atoms. The highest BCUT2D eigenvalue weighted by atomic mass is 16.5. The van der Waals surface area contributed by atoms with Gasteiger partial charge in [-0.15, -0.1) is 0 Å². The van der Waals surface area contributed by atoms with Gasteiger partial charge in [-0.25, -0.2) is 0 Å². The minimum atomic E-state index is 0.0904. The molecule has 0 aromatic heterocycles. The van der Waals surface area contributed by atoms with Crippen molar-refractivity contribution in [3.8, 4) is 0 Å². The summed E-state index contributed by atoms with van der Waals surface area (Å²) in [6.45, 7) is 12.8. The standard InChI is InChI=1S/C17H30O/c1-6-18-15(2,3)12-10-13-14(11-12)17(5)9-7-8-16(13,17)4/h12-14H,6-11H2,1-5H3/t12?,13-,14+,16+,17-. The van der Waals surface area contributed by atoms with E-state index in [0.29, 0.717) is 10.8 Å². The van der Waals surface area contributed by atoms with Gasteiger partial charge in [0.2, 0.25) is 0 Å². The molecule has 3 aliphatic rings. The molecule has 1 unspecified atom stereocenters. The Morgan fingerprint density at radius 2 is 1.56 bits per heavy atom. The van der Waals surface area contributed by atoms with Crippen molar-refractivity contribution in [2.45, 2.75) is 72.3 Å². The molecule has 0 aromatic rings. The van der Waals surface area contributed by atoms with Crippen LogP contribution in [-0.2, 0) is 4.74 Å². The lowest BCUT2D eigenvalue weighted by Gasteiger charge is -2.63. The van der Waals surface area contributed by atoms with Crippen LogP contribution in [0.1, 0.15) is 66.7 Å². The van der Waals surface area contributed by atoms with Crippen LogP contribution in [0, 0.1) is 28.6 Å². The molecule has 0 saturated heterocycles. The van der Waals surface area contributed by atoms with Gasteiger partial charge < -0.3 is 4.74 Å². The smallest absolute Gasteiger partial charge is 0.0654 e. The molecule has 3 fully saturated rings. The fourth-order valence-electron chi connectivity index (χ4n) is 6.02. The SMILES string of the molecule is CCOC(C)(C)C1C[C@@H]2[C@H](C1)[C@@]1(C)CCC[C@@]21C. The Morgan fingerprint density at radius 3 is 2.00 bits per heavy atom. The Hall–Kier alpha value is -0.0400. The predicted molar refractivity (Wildman–Crippen MR) is 75.5 cm³/mol. The van der Waals surface area contributed by atoms with Crippen LogP contribution in [-0.4, -0.2) is 12.2 Å². The van der Waals surface area contributed by atoms with E-state index >= 15 is 0 Å². The molecule has 3 aliphatic carbocycles. The zero-order valence-corrected chi connectivity index (χ0v) is 12.9. The molecule has 0 aromatic carbocycles. The van der Waals surface area contributed by atoms with Crippen LogP contribution in [0.2, 0.25) is 0 Å². The van der Waals surface area contributed by atoms with Crippen LogP contribution < -0.4 is 0 Å². The van der Waals surface area contributed by atoms with E-state index in [0.717, 1.165) is 24.4 Å². The lowest BCUT2D eigenvalue weighted by atomic mass is 9.42. The number of rotatable bonds is 3. The maximum atomic E-state index is 6.03. The predicted octanol–water partition coefficient (Wildman–Crippen LogP) is 4.65. The topological polar surface area (TPSA) is 9.23 Å². The molecule has 0 radical (unpaired) electrons. The molecule has 3 rings (SSSR count). The maximum absolute atomic E-state index is 6.03. The summed E-state index contributed by atoms with van der Waals surface area (Å²) in [5.41, 5.74) is 1.41. The van der Waals surface area contributed by atoms with Gasteiger partial charge in [-0.05, 0) is 75.0 Å². The number of fused-ring (bicyclic) bond motifs is 4. The normalized spacial score (nSPS) is 50.8. The summed E-state index contributed by atoms with van der Waals surface area (Å²) in [6, 6.07) is 0. The highest BCUT2D eigenvalue weighted by Gasteiger charge is 2.70. The molecule has 0 spiro atoms. The largest absolute Gasteiger partial charge is 0.376 e. The fraction of sp³-hybridized carbons (Fsp3) is 1.00. The van der Waals surface area contributed by atoms with Crippen molar-refractivity contribution >= 4 is 0 Å². The van der Waals surface area contributed by atoms with Gasteiger partial charge in [0.1, 0.15) is 0 Å². The highest BCUT2D eigenvalue weighted by molar-refractivity contribution is 5.19. The van der Waals surface area contributed by atoms with Crippen LogP contribution in [0.25, 0.3) is 0 Å². The summed E-state index contributed by atoms with van der Waals surface area (Å²) < 4.78 is 6.03. The third kappa shape index (κ3) is 1.38. The lowest BCUT2D eigenvalue weighted by Crippen LogP contribution is -2.57. The Morgan fingerprint density at radius 1 is 1.06 bits per heavy atom. The van der Waals surface area contributed by atoms with E-state index in [-0.39, 0.29) is 5.60 Å². The number of ether oxygens (including phenoxy) is 1. The third-order valence-corrected chi connectivity index (χ3v) is 7.40. The molecule has 0 heterocycles. The first-order valence-electron chi connectivity index (χ1n) is 7.99. The van der Waals surface area contributed by atoms with Gasteiger partial charge in [0.15, 0.2) is 0 Å². The zero-order valence-electron chi connectivity index (χ0n) is 12.9. The highest BCUT2D eigenvalue weighted by Crippen LogP contribution is 2.77. The van der Waals surface area contributed by atoms with Crippen molar-refractivity contribution < 1.29 is 4.74 Å². The van der Waals surface area contributed by atoms with Crippen molar-refractivity contribution in [2.75, 3.05) is 6.61 Å². The van der Waals surface area contributed by atoms with Crippen LogP contribution in [0.3, 0.4) is 0 Å². The minimum Gasteiger partial charge on any atom is -0.376 e. The van der Waals surface area contributed by atoms with Gasteiger partial charge in [-0.2, -0.15) is 0 Å². The molecule has 0 N–H and O–H groups in total. The van der Waals surface area contributed by atoms with Crippen LogP contribution in [0.4, 0.5) is 0 Å². The monoisotopic (exact) mass is 250 g/mol. The third-order valence-electron chi connectivity index (χ3n) is 7.40. The first kappa shape index (κ1) is 13.0. The average Bonchev–Trinajstić information content (AvgIpc) is 2.81. The first-order valence-corrected chi connectivity index (χ1v) is 7.99. The number of hydrogen-bond acceptors (Lipinski definition) is 1. The van der Waals surface area contributed by atoms with E-state index in [1.807, 2.05) is 0 Å². The Bertz CT molecular complexity index is 324. The zero-order chi connectivity index (χ0) is 13.2. The molecule has 0 bridgehead atoms. The van der Waals surface area contributed by atoms with Gasteiger partial charge >= 0.3 is 0 Å². The molecular formula is C17H30O. The average molecular weight is 250 g/mol. The van der Waals surface area contributed by atoms with Crippen LogP contribution in [0.15, 0.2) is 0 Å². The van der Waals surface area contributed by atoms with Crippen molar-refractivity contribution in [3.05, 3.63) is 0 Å². The second-order valence-corrected chi connectivity index (χ2v) is 8.11. The molecule has 5 atom stereocenters. The van der Waals surface area contributed by atoms with Crippen molar-refractivity contribution in [2.24, 2.45) is 28.6 Å². The summed E-state index contributed by atoms with van der Waals surface area (Å²) in [4.78, 5) is 0. The van der Waals surface area contributed by atoms with E-state index in [9.17, 15) is 0 Å². The quantitative estimate of drug-likeness (QED) is 0.708. The van der Waals surface area contributed by atoms with Gasteiger partial charge in [-0.1, -0.05) is 20.3 Å². The molecule has 104 valence electrons. The van der Waals surface area contributed by atoms with Crippen molar-refractivity contribution in [1.82, 2.24) is 0 Å². The van der Waals surface area contributed by atoms with Crippen LogP contribution >= 0.6 is 0 Å². The van der Waals surface area contributed by atoms with E-state index in [4.69, 9.17) is 4.74 Å². The van der Waals surface area contributed by atoms with Gasteiger partial charge in [0.05, 0.1) is 5.60 Å². The van der Waals surface area contributed by atoms with E-state index in [2.05, 4.69) is 34.6 Å². The van der Waals surface area contributed by atoms with E-state index in [1.165, 1.54) is 32.1 Å². The second kappa shape index (κ2) is 3.75. The molecular weight excluding hydrogens is 220 g/mol. The van der Waals surface area contributed by atoms with E-state index in [1.54, 1.807) is 0 Å². The van der Waals surface area contributed by atoms with Crippen molar-refractivity contribution in [1.29, 1.82) is 0 Å². The minimum absolute atomic E-state index is 0.0904. The summed E-state index contributed by atoms with van der Waals surface area (Å²) in [5, 5.41) is 0. The molecule has 3 saturated carbocycles. The van der Waals surface area contributed by atoms with Gasteiger partial charge in [0, 0.05) is 6.61 Å². The summed E-state index contributed by atoms with van der Waals surface area (Å²) in [7, 11) is 0. The fourth-order valence-corrected chi connectivity index (χ4v) is 6.02. The molecule has 1 nitrogen and oxygen atoms in total.